The van der Waals surface area contributed by atoms with E-state index in [1.54, 1.807) is 16.9 Å². The number of hydrogen-bond acceptors (Lipinski definition) is 6. The van der Waals surface area contributed by atoms with Crippen molar-refractivity contribution in [1.29, 1.82) is 0 Å². The van der Waals surface area contributed by atoms with Crippen molar-refractivity contribution in [2.24, 2.45) is 17.9 Å². The third-order valence-corrected chi connectivity index (χ3v) is 3.01. The first-order valence-corrected chi connectivity index (χ1v) is 5.48. The van der Waals surface area contributed by atoms with E-state index in [2.05, 4.69) is 20.2 Å². The fourth-order valence-electron chi connectivity index (χ4n) is 1.13. The van der Waals surface area contributed by atoms with Crippen LogP contribution >= 0.6 is 11.8 Å². The molecule has 0 aliphatic carbocycles. The summed E-state index contributed by atoms with van der Waals surface area (Å²) >= 11 is 1.43. The Morgan fingerprint density at radius 3 is 2.82 bits per heavy atom. The minimum absolute atomic E-state index is 0.0137. The lowest BCUT2D eigenvalue weighted by Gasteiger charge is -2.01. The van der Waals surface area contributed by atoms with Crippen LogP contribution in [0.5, 0.6) is 0 Å². The summed E-state index contributed by atoms with van der Waals surface area (Å²) < 4.78 is 1.67. The molecule has 2 aromatic rings. The van der Waals surface area contributed by atoms with Crippen LogP contribution in [0, 0.1) is 0 Å². The Labute approximate surface area is 101 Å². The zero-order valence-electron chi connectivity index (χ0n) is 8.98. The lowest BCUT2D eigenvalue weighted by atomic mass is 10.3. The normalized spacial score (nSPS) is 11.7. The molecule has 0 radical (unpaired) electrons. The second-order valence-corrected chi connectivity index (χ2v) is 4.17. The summed E-state index contributed by atoms with van der Waals surface area (Å²) in [6, 6.07) is 3.49. The van der Waals surface area contributed by atoms with E-state index < -0.39 is 0 Å². The van der Waals surface area contributed by atoms with Crippen molar-refractivity contribution in [3.63, 3.8) is 0 Å². The molecule has 0 bridgehead atoms. The van der Waals surface area contributed by atoms with Gasteiger partial charge in [-0.05, 0) is 23.9 Å². The highest BCUT2D eigenvalue weighted by Gasteiger charge is 2.05. The van der Waals surface area contributed by atoms with Crippen LogP contribution in [0.2, 0.25) is 0 Å². The van der Waals surface area contributed by atoms with Gasteiger partial charge in [-0.3, -0.25) is 4.98 Å². The Bertz CT molecular complexity index is 535. The number of nitrogens with two attached hydrogens (primary N) is 1. The van der Waals surface area contributed by atoms with Crippen LogP contribution in [0.1, 0.15) is 5.69 Å². The maximum atomic E-state index is 8.50. The van der Waals surface area contributed by atoms with E-state index in [0.29, 0.717) is 5.69 Å². The molecule has 0 unspecified atom stereocenters. The SMILES string of the molecule is Cn1ncnc1Sc1ccc(/C(N)=N/O)nc1. The van der Waals surface area contributed by atoms with E-state index in [1.807, 2.05) is 13.1 Å². The monoisotopic (exact) mass is 250 g/mol. The largest absolute Gasteiger partial charge is 0.409 e. The average molecular weight is 250 g/mol. The minimum atomic E-state index is -0.0137. The number of aromatic nitrogens is 4. The van der Waals surface area contributed by atoms with Crippen LogP contribution in [-0.2, 0) is 7.05 Å². The van der Waals surface area contributed by atoms with E-state index >= 15 is 0 Å². The zero-order chi connectivity index (χ0) is 12.3. The summed E-state index contributed by atoms with van der Waals surface area (Å²) in [5.41, 5.74) is 5.83. The van der Waals surface area contributed by atoms with Crippen molar-refractivity contribution in [2.45, 2.75) is 10.1 Å². The molecule has 0 atom stereocenters. The molecule has 2 aromatic heterocycles. The second-order valence-electron chi connectivity index (χ2n) is 3.13. The Hall–Kier alpha value is -2.09. The lowest BCUT2D eigenvalue weighted by molar-refractivity contribution is 0.318. The average Bonchev–Trinajstić information content (AvgIpc) is 2.75. The van der Waals surface area contributed by atoms with Gasteiger partial charge in [-0.25, -0.2) is 9.67 Å². The fraction of sp³-hybridized carbons (Fsp3) is 0.111. The molecule has 0 fully saturated rings. The third-order valence-electron chi connectivity index (χ3n) is 1.99. The van der Waals surface area contributed by atoms with Crippen LogP contribution in [0.25, 0.3) is 0 Å². The highest BCUT2D eigenvalue weighted by molar-refractivity contribution is 7.99. The Kier molecular flexibility index (Phi) is 3.24. The van der Waals surface area contributed by atoms with Crippen molar-refractivity contribution in [3.8, 4) is 0 Å². The van der Waals surface area contributed by atoms with Crippen LogP contribution < -0.4 is 5.73 Å². The fourth-order valence-corrected chi connectivity index (χ4v) is 1.86. The molecular formula is C9H10N6OS. The molecule has 0 amide bonds. The van der Waals surface area contributed by atoms with Gasteiger partial charge in [0.05, 0.1) is 0 Å². The van der Waals surface area contributed by atoms with Crippen LogP contribution in [0.15, 0.2) is 39.9 Å². The zero-order valence-corrected chi connectivity index (χ0v) is 9.79. The quantitative estimate of drug-likeness (QED) is 0.355. The van der Waals surface area contributed by atoms with Gasteiger partial charge in [-0.1, -0.05) is 5.16 Å². The summed E-state index contributed by atoms with van der Waals surface area (Å²) in [5, 5.41) is 16.1. The Morgan fingerprint density at radius 2 is 2.29 bits per heavy atom. The molecule has 2 rings (SSSR count). The minimum Gasteiger partial charge on any atom is -0.409 e. The standard InChI is InChI=1S/C9H10N6OS/c1-15-9(12-5-13-15)17-6-2-3-7(11-4-6)8(10)14-16/h2-5,16H,1H3,(H2,10,14). The molecule has 8 heteroatoms. The van der Waals surface area contributed by atoms with Gasteiger partial charge in [0.25, 0.3) is 0 Å². The van der Waals surface area contributed by atoms with Crippen LogP contribution in [0.3, 0.4) is 0 Å². The molecule has 0 aromatic carbocycles. The smallest absolute Gasteiger partial charge is 0.190 e. The van der Waals surface area contributed by atoms with Gasteiger partial charge in [0.1, 0.15) is 12.0 Å². The Morgan fingerprint density at radius 1 is 1.47 bits per heavy atom. The van der Waals surface area contributed by atoms with Crippen molar-refractivity contribution < 1.29 is 5.21 Å². The molecule has 2 heterocycles. The van der Waals surface area contributed by atoms with Crippen molar-refractivity contribution in [2.75, 3.05) is 0 Å². The number of aryl methyl sites for hydroxylation is 1. The molecule has 0 saturated heterocycles. The van der Waals surface area contributed by atoms with E-state index in [4.69, 9.17) is 10.9 Å². The van der Waals surface area contributed by atoms with Crippen molar-refractivity contribution in [3.05, 3.63) is 30.4 Å². The molecule has 0 spiro atoms. The first-order valence-electron chi connectivity index (χ1n) is 4.66. The van der Waals surface area contributed by atoms with Crippen molar-refractivity contribution in [1.82, 2.24) is 19.7 Å². The van der Waals surface area contributed by atoms with Gasteiger partial charge in [-0.2, -0.15) is 5.10 Å². The number of amidine groups is 1. The molecule has 88 valence electrons. The predicted molar refractivity (Wildman–Crippen MR) is 61.9 cm³/mol. The van der Waals surface area contributed by atoms with E-state index in [0.717, 1.165) is 10.1 Å². The van der Waals surface area contributed by atoms with Gasteiger partial charge < -0.3 is 10.9 Å². The third kappa shape index (κ3) is 2.53. The van der Waals surface area contributed by atoms with Gasteiger partial charge in [0, 0.05) is 18.1 Å². The van der Waals surface area contributed by atoms with Gasteiger partial charge in [0.2, 0.25) is 0 Å². The maximum absolute atomic E-state index is 8.50. The summed E-state index contributed by atoms with van der Waals surface area (Å²) in [7, 11) is 1.81. The van der Waals surface area contributed by atoms with Crippen LogP contribution in [-0.4, -0.2) is 30.8 Å². The molecule has 17 heavy (non-hydrogen) atoms. The molecule has 3 N–H and O–H groups in total. The highest BCUT2D eigenvalue weighted by atomic mass is 32.2. The highest BCUT2D eigenvalue weighted by Crippen LogP contribution is 2.24. The van der Waals surface area contributed by atoms with E-state index in [-0.39, 0.29) is 5.84 Å². The molecule has 7 nitrogen and oxygen atoms in total. The van der Waals surface area contributed by atoms with Gasteiger partial charge in [-0.15, -0.1) is 0 Å². The maximum Gasteiger partial charge on any atom is 0.190 e. The van der Waals surface area contributed by atoms with E-state index in [9.17, 15) is 0 Å². The second kappa shape index (κ2) is 4.83. The van der Waals surface area contributed by atoms with E-state index in [1.165, 1.54) is 18.1 Å². The first-order chi connectivity index (χ1) is 8.20. The number of nitrogens with zero attached hydrogens (tertiary/aromatic N) is 5. The lowest BCUT2D eigenvalue weighted by Crippen LogP contribution is -2.14. The van der Waals surface area contributed by atoms with Crippen molar-refractivity contribution >= 4 is 17.6 Å². The summed E-state index contributed by atoms with van der Waals surface area (Å²) in [4.78, 5) is 9.05. The summed E-state index contributed by atoms with van der Waals surface area (Å²) in [6.07, 6.45) is 3.12. The first kappa shape index (κ1) is 11.4. The number of oxime groups is 1. The number of pyridine rings is 1. The molecular weight excluding hydrogens is 240 g/mol. The predicted octanol–water partition coefficient (Wildman–Crippen LogP) is 0.456. The molecule has 0 aliphatic heterocycles. The van der Waals surface area contributed by atoms with Crippen LogP contribution in [0.4, 0.5) is 0 Å². The molecule has 0 aliphatic rings. The Balaban J connectivity index is 2.17. The number of rotatable bonds is 3. The van der Waals surface area contributed by atoms with Gasteiger partial charge in [0.15, 0.2) is 11.0 Å². The number of hydrogen-bond donors (Lipinski definition) is 2. The summed E-state index contributed by atoms with van der Waals surface area (Å²) in [6.45, 7) is 0. The van der Waals surface area contributed by atoms with Gasteiger partial charge >= 0.3 is 0 Å². The molecule has 0 saturated carbocycles. The summed E-state index contributed by atoms with van der Waals surface area (Å²) in [5.74, 6) is -0.0137. The topological polar surface area (TPSA) is 102 Å².